The topological polar surface area (TPSA) is 90.4 Å². The zero-order valence-corrected chi connectivity index (χ0v) is 7.93. The van der Waals surface area contributed by atoms with Crippen molar-refractivity contribution in [2.75, 3.05) is 13.2 Å². The number of nitrogens with two attached hydrogens (primary N) is 1. The summed E-state index contributed by atoms with van der Waals surface area (Å²) in [5.41, 5.74) is 6.00. The van der Waals surface area contributed by atoms with Crippen molar-refractivity contribution in [2.45, 2.75) is 13.7 Å². The smallest absolute Gasteiger partial charge is 0.269 e. The molecule has 3 N–H and O–H groups in total. The van der Waals surface area contributed by atoms with Gasteiger partial charge in [0.25, 0.3) is 5.91 Å². The van der Waals surface area contributed by atoms with E-state index >= 15 is 0 Å². The molecule has 0 atom stereocenters. The molecule has 0 bridgehead atoms. The number of nitrogens with zero attached hydrogens (tertiary/aromatic N) is 2. The first-order valence-electron chi connectivity index (χ1n) is 4.17. The molecule has 0 saturated heterocycles. The Morgan fingerprint density at radius 2 is 2.50 bits per heavy atom. The van der Waals surface area contributed by atoms with Gasteiger partial charge in [-0.3, -0.25) is 4.79 Å². The number of primary amides is 1. The van der Waals surface area contributed by atoms with Gasteiger partial charge < -0.3 is 20.1 Å². The van der Waals surface area contributed by atoms with Gasteiger partial charge in [0.05, 0.1) is 19.5 Å². The third kappa shape index (κ3) is 2.30. The van der Waals surface area contributed by atoms with Gasteiger partial charge in [0.2, 0.25) is 0 Å². The van der Waals surface area contributed by atoms with E-state index in [-0.39, 0.29) is 25.6 Å². The summed E-state index contributed by atoms with van der Waals surface area (Å²) in [6.45, 7) is 2.21. The predicted octanol–water partition coefficient (Wildman–Crippen LogP) is -0.743. The molecule has 6 nitrogen and oxygen atoms in total. The quantitative estimate of drug-likeness (QED) is 0.611. The van der Waals surface area contributed by atoms with Crippen LogP contribution in [0, 0.1) is 6.92 Å². The highest BCUT2D eigenvalue weighted by Crippen LogP contribution is 2.04. The molecular formula is C8H13N3O3. The summed E-state index contributed by atoms with van der Waals surface area (Å²) in [4.78, 5) is 14.7. The number of imidazole rings is 1. The average molecular weight is 199 g/mol. The van der Waals surface area contributed by atoms with Crippen LogP contribution in [0.3, 0.4) is 0 Å². The Balaban J connectivity index is 2.65. The van der Waals surface area contributed by atoms with Crippen LogP contribution >= 0.6 is 0 Å². The minimum Gasteiger partial charge on any atom is -0.394 e. The van der Waals surface area contributed by atoms with Gasteiger partial charge in [-0.15, -0.1) is 0 Å². The van der Waals surface area contributed by atoms with E-state index in [9.17, 15) is 4.79 Å². The lowest BCUT2D eigenvalue weighted by Gasteiger charge is -2.05. The lowest BCUT2D eigenvalue weighted by Crippen LogP contribution is -2.14. The lowest BCUT2D eigenvalue weighted by molar-refractivity contribution is 0.0472. The molecule has 14 heavy (non-hydrogen) atoms. The maximum atomic E-state index is 10.8. The van der Waals surface area contributed by atoms with E-state index in [0.717, 1.165) is 0 Å². The first-order valence-corrected chi connectivity index (χ1v) is 4.17. The molecule has 1 aromatic heterocycles. The van der Waals surface area contributed by atoms with Crippen molar-refractivity contribution in [3.8, 4) is 0 Å². The van der Waals surface area contributed by atoms with Crippen molar-refractivity contribution in [1.29, 1.82) is 0 Å². The van der Waals surface area contributed by atoms with Crippen LogP contribution in [0.2, 0.25) is 0 Å². The zero-order valence-electron chi connectivity index (χ0n) is 7.93. The predicted molar refractivity (Wildman–Crippen MR) is 48.5 cm³/mol. The van der Waals surface area contributed by atoms with Gasteiger partial charge >= 0.3 is 0 Å². The number of carbonyl (C=O) groups excluding carboxylic acids is 1. The molecule has 0 unspecified atom stereocenters. The Morgan fingerprint density at radius 1 is 1.79 bits per heavy atom. The molecule has 6 heteroatoms. The molecular weight excluding hydrogens is 186 g/mol. The number of aliphatic hydroxyl groups is 1. The summed E-state index contributed by atoms with van der Waals surface area (Å²) < 4.78 is 6.71. The summed E-state index contributed by atoms with van der Waals surface area (Å²) in [5.74, 6) is -0.552. The summed E-state index contributed by atoms with van der Waals surface area (Å²) in [7, 11) is 0. The van der Waals surface area contributed by atoms with Crippen molar-refractivity contribution in [1.82, 2.24) is 9.55 Å². The standard InChI is InChI=1S/C8H13N3O3/c1-6-7(8(9)13)10-4-11(6)5-14-3-2-12/h4,12H,2-3,5H2,1H3,(H2,9,13). The molecule has 0 spiro atoms. The van der Waals surface area contributed by atoms with Crippen LogP contribution in [0.4, 0.5) is 0 Å². The number of amides is 1. The minimum absolute atomic E-state index is 0.0313. The Hall–Kier alpha value is -1.40. The van der Waals surface area contributed by atoms with E-state index in [1.54, 1.807) is 11.5 Å². The van der Waals surface area contributed by atoms with Gasteiger partial charge in [0, 0.05) is 5.69 Å². The number of ether oxygens (including phenoxy) is 1. The molecule has 0 aliphatic rings. The molecule has 0 aromatic carbocycles. The van der Waals surface area contributed by atoms with E-state index in [4.69, 9.17) is 15.6 Å². The lowest BCUT2D eigenvalue weighted by atomic mass is 10.3. The van der Waals surface area contributed by atoms with Crippen molar-refractivity contribution in [3.05, 3.63) is 17.7 Å². The highest BCUT2D eigenvalue weighted by atomic mass is 16.5. The highest BCUT2D eigenvalue weighted by Gasteiger charge is 2.10. The van der Waals surface area contributed by atoms with Crippen LogP contribution in [0.25, 0.3) is 0 Å². The number of aliphatic hydroxyl groups excluding tert-OH is 1. The summed E-state index contributed by atoms with van der Waals surface area (Å²) in [6.07, 6.45) is 1.48. The van der Waals surface area contributed by atoms with E-state index in [1.165, 1.54) is 6.33 Å². The molecule has 1 amide bonds. The number of rotatable bonds is 5. The van der Waals surface area contributed by atoms with Crippen molar-refractivity contribution < 1.29 is 14.6 Å². The Kier molecular flexibility index (Phi) is 3.61. The fourth-order valence-electron chi connectivity index (χ4n) is 1.04. The largest absolute Gasteiger partial charge is 0.394 e. The van der Waals surface area contributed by atoms with Crippen LogP contribution in [0.5, 0.6) is 0 Å². The molecule has 78 valence electrons. The molecule has 0 aliphatic heterocycles. The van der Waals surface area contributed by atoms with Gasteiger partial charge in [-0.1, -0.05) is 0 Å². The van der Waals surface area contributed by atoms with Gasteiger partial charge in [0.1, 0.15) is 12.4 Å². The van der Waals surface area contributed by atoms with Crippen LogP contribution in [0.1, 0.15) is 16.2 Å². The van der Waals surface area contributed by atoms with Gasteiger partial charge in [-0.05, 0) is 6.92 Å². The molecule has 0 aliphatic carbocycles. The summed E-state index contributed by atoms with van der Waals surface area (Å²) in [6, 6.07) is 0. The number of hydrogen-bond donors (Lipinski definition) is 2. The second-order valence-electron chi connectivity index (χ2n) is 2.77. The normalized spacial score (nSPS) is 10.4. The molecule has 1 aromatic rings. The first kappa shape index (κ1) is 10.7. The fourth-order valence-corrected chi connectivity index (χ4v) is 1.04. The average Bonchev–Trinajstić information content (AvgIpc) is 2.48. The second kappa shape index (κ2) is 4.73. The van der Waals surface area contributed by atoms with Crippen LogP contribution in [-0.4, -0.2) is 33.8 Å². The third-order valence-electron chi connectivity index (χ3n) is 1.80. The van der Waals surface area contributed by atoms with Gasteiger partial charge in [0.15, 0.2) is 0 Å². The van der Waals surface area contributed by atoms with Gasteiger partial charge in [-0.25, -0.2) is 4.98 Å². The zero-order chi connectivity index (χ0) is 10.6. The summed E-state index contributed by atoms with van der Waals surface area (Å²) >= 11 is 0. The highest BCUT2D eigenvalue weighted by molar-refractivity contribution is 5.91. The van der Waals surface area contributed by atoms with E-state index in [2.05, 4.69) is 4.98 Å². The molecule has 1 heterocycles. The molecule has 0 fully saturated rings. The number of hydrogen-bond acceptors (Lipinski definition) is 4. The second-order valence-corrected chi connectivity index (χ2v) is 2.77. The fraction of sp³-hybridized carbons (Fsp3) is 0.500. The Bertz CT molecular complexity index is 322. The number of aromatic nitrogens is 2. The molecule has 0 radical (unpaired) electrons. The Morgan fingerprint density at radius 3 is 3.00 bits per heavy atom. The minimum atomic E-state index is -0.552. The van der Waals surface area contributed by atoms with Gasteiger partial charge in [-0.2, -0.15) is 0 Å². The first-order chi connectivity index (χ1) is 6.66. The van der Waals surface area contributed by atoms with E-state index in [1.807, 2.05) is 0 Å². The van der Waals surface area contributed by atoms with Crippen molar-refractivity contribution in [3.63, 3.8) is 0 Å². The Labute approximate surface area is 81.3 Å². The van der Waals surface area contributed by atoms with Crippen molar-refractivity contribution >= 4 is 5.91 Å². The van der Waals surface area contributed by atoms with E-state index < -0.39 is 5.91 Å². The summed E-state index contributed by atoms with van der Waals surface area (Å²) in [5, 5.41) is 8.48. The molecule has 0 saturated carbocycles. The SMILES string of the molecule is Cc1c(C(N)=O)ncn1COCCO. The van der Waals surface area contributed by atoms with E-state index in [0.29, 0.717) is 5.69 Å². The number of carbonyl (C=O) groups is 1. The maximum Gasteiger partial charge on any atom is 0.269 e. The van der Waals surface area contributed by atoms with Crippen LogP contribution in [-0.2, 0) is 11.5 Å². The monoisotopic (exact) mass is 199 g/mol. The van der Waals surface area contributed by atoms with Crippen molar-refractivity contribution in [2.24, 2.45) is 5.73 Å². The third-order valence-corrected chi connectivity index (χ3v) is 1.80. The maximum absolute atomic E-state index is 10.8. The van der Waals surface area contributed by atoms with Crippen LogP contribution < -0.4 is 5.73 Å². The van der Waals surface area contributed by atoms with Crippen LogP contribution in [0.15, 0.2) is 6.33 Å². The molecule has 1 rings (SSSR count).